The Labute approximate surface area is 146 Å². The summed E-state index contributed by atoms with van der Waals surface area (Å²) in [5.74, 6) is -0.223. The van der Waals surface area contributed by atoms with Gasteiger partial charge in [-0.25, -0.2) is 0 Å². The second-order valence-electron chi connectivity index (χ2n) is 5.92. The molecule has 0 aliphatic heterocycles. The Kier molecular flexibility index (Phi) is 4.81. The SMILES string of the molecule is Cc1ccc(N(CC2=CC(=O)Cc3ccccc32)C(=O)CCl)cc1. The first-order valence-electron chi connectivity index (χ1n) is 7.83. The number of halogens is 1. The van der Waals surface area contributed by atoms with E-state index in [0.717, 1.165) is 28.0 Å². The zero-order chi connectivity index (χ0) is 17.1. The molecule has 0 saturated carbocycles. The fourth-order valence-corrected chi connectivity index (χ4v) is 3.06. The van der Waals surface area contributed by atoms with Crippen molar-refractivity contribution in [1.82, 2.24) is 0 Å². The van der Waals surface area contributed by atoms with Gasteiger partial charge in [0.05, 0.1) is 6.54 Å². The minimum Gasteiger partial charge on any atom is -0.307 e. The van der Waals surface area contributed by atoms with E-state index in [1.54, 1.807) is 11.0 Å². The van der Waals surface area contributed by atoms with Gasteiger partial charge in [0.25, 0.3) is 0 Å². The molecule has 1 aliphatic carbocycles. The second-order valence-corrected chi connectivity index (χ2v) is 6.19. The minimum absolute atomic E-state index is 0.0610. The van der Waals surface area contributed by atoms with Crippen LogP contribution in [0.1, 0.15) is 16.7 Å². The minimum atomic E-state index is -0.183. The van der Waals surface area contributed by atoms with E-state index in [-0.39, 0.29) is 17.6 Å². The largest absolute Gasteiger partial charge is 0.307 e. The second kappa shape index (κ2) is 7.02. The maximum atomic E-state index is 12.3. The Bertz CT molecular complexity index is 809. The average Bonchev–Trinajstić information content (AvgIpc) is 2.59. The Morgan fingerprint density at radius 2 is 1.83 bits per heavy atom. The number of alkyl halides is 1. The predicted molar refractivity (Wildman–Crippen MR) is 97.4 cm³/mol. The zero-order valence-corrected chi connectivity index (χ0v) is 14.2. The monoisotopic (exact) mass is 339 g/mol. The third-order valence-electron chi connectivity index (χ3n) is 4.15. The van der Waals surface area contributed by atoms with Crippen molar-refractivity contribution >= 4 is 34.6 Å². The molecule has 4 heteroatoms. The lowest BCUT2D eigenvalue weighted by Gasteiger charge is -2.26. The third kappa shape index (κ3) is 3.41. The first-order valence-corrected chi connectivity index (χ1v) is 8.36. The van der Waals surface area contributed by atoms with Crippen molar-refractivity contribution in [3.8, 4) is 0 Å². The maximum absolute atomic E-state index is 12.3. The summed E-state index contributed by atoms with van der Waals surface area (Å²) in [6, 6.07) is 15.5. The van der Waals surface area contributed by atoms with Gasteiger partial charge in [0, 0.05) is 12.1 Å². The highest BCUT2D eigenvalue weighted by Crippen LogP contribution is 2.27. The van der Waals surface area contributed by atoms with Gasteiger partial charge < -0.3 is 4.90 Å². The summed E-state index contributed by atoms with van der Waals surface area (Å²) in [4.78, 5) is 26.0. The number of carbonyl (C=O) groups is 2. The van der Waals surface area contributed by atoms with Crippen LogP contribution in [0.5, 0.6) is 0 Å². The van der Waals surface area contributed by atoms with Crippen LogP contribution in [0.15, 0.2) is 54.6 Å². The van der Waals surface area contributed by atoms with Crippen LogP contribution in [0.25, 0.3) is 5.57 Å². The molecular formula is C20H18ClNO2. The molecule has 122 valence electrons. The third-order valence-corrected chi connectivity index (χ3v) is 4.38. The van der Waals surface area contributed by atoms with E-state index in [1.165, 1.54) is 0 Å². The molecular weight excluding hydrogens is 322 g/mol. The van der Waals surface area contributed by atoms with Gasteiger partial charge in [0.1, 0.15) is 5.88 Å². The number of carbonyl (C=O) groups excluding carboxylic acids is 2. The van der Waals surface area contributed by atoms with Gasteiger partial charge in [0.15, 0.2) is 5.78 Å². The van der Waals surface area contributed by atoms with Crippen molar-refractivity contribution in [2.24, 2.45) is 0 Å². The van der Waals surface area contributed by atoms with E-state index < -0.39 is 0 Å². The van der Waals surface area contributed by atoms with Gasteiger partial charge in [-0.2, -0.15) is 0 Å². The number of rotatable bonds is 4. The van der Waals surface area contributed by atoms with E-state index in [4.69, 9.17) is 11.6 Å². The lowest BCUT2D eigenvalue weighted by Crippen LogP contribution is -2.34. The van der Waals surface area contributed by atoms with E-state index in [1.807, 2.05) is 55.5 Å². The van der Waals surface area contributed by atoms with Crippen molar-refractivity contribution in [3.05, 3.63) is 71.3 Å². The van der Waals surface area contributed by atoms with Gasteiger partial charge in [-0.05, 0) is 41.8 Å². The molecule has 3 rings (SSSR count). The number of anilines is 1. The molecule has 0 atom stereocenters. The van der Waals surface area contributed by atoms with Crippen LogP contribution in [-0.4, -0.2) is 24.1 Å². The fraction of sp³-hybridized carbons (Fsp3) is 0.200. The summed E-state index contributed by atoms with van der Waals surface area (Å²) < 4.78 is 0. The number of aryl methyl sites for hydroxylation is 1. The topological polar surface area (TPSA) is 37.4 Å². The molecule has 0 radical (unpaired) electrons. The van der Waals surface area contributed by atoms with Crippen LogP contribution in [0.4, 0.5) is 5.69 Å². The van der Waals surface area contributed by atoms with E-state index in [9.17, 15) is 9.59 Å². The number of allylic oxidation sites excluding steroid dienone is 1. The number of nitrogens with zero attached hydrogens (tertiary/aromatic N) is 1. The molecule has 0 fully saturated rings. The van der Waals surface area contributed by atoms with Gasteiger partial charge in [-0.15, -0.1) is 11.6 Å². The van der Waals surface area contributed by atoms with E-state index in [2.05, 4.69) is 0 Å². The molecule has 0 unspecified atom stereocenters. The Balaban J connectivity index is 1.97. The van der Waals surface area contributed by atoms with Crippen LogP contribution in [0.3, 0.4) is 0 Å². The first kappa shape index (κ1) is 16.5. The van der Waals surface area contributed by atoms with E-state index in [0.29, 0.717) is 13.0 Å². The number of hydrogen-bond donors (Lipinski definition) is 0. The van der Waals surface area contributed by atoms with Crippen molar-refractivity contribution in [2.45, 2.75) is 13.3 Å². The Morgan fingerprint density at radius 3 is 2.54 bits per heavy atom. The molecule has 1 amide bonds. The highest BCUT2D eigenvalue weighted by atomic mass is 35.5. The van der Waals surface area contributed by atoms with Crippen LogP contribution >= 0.6 is 11.6 Å². The molecule has 1 aliphatic rings. The highest BCUT2D eigenvalue weighted by Gasteiger charge is 2.22. The smallest absolute Gasteiger partial charge is 0.242 e. The van der Waals surface area contributed by atoms with Crippen LogP contribution < -0.4 is 4.90 Å². The van der Waals surface area contributed by atoms with Gasteiger partial charge in [-0.3, -0.25) is 9.59 Å². The van der Waals surface area contributed by atoms with Crippen LogP contribution in [0.2, 0.25) is 0 Å². The van der Waals surface area contributed by atoms with Crippen molar-refractivity contribution in [2.75, 3.05) is 17.3 Å². The number of fused-ring (bicyclic) bond motifs is 1. The Hall–Kier alpha value is -2.39. The van der Waals surface area contributed by atoms with Crippen molar-refractivity contribution in [1.29, 1.82) is 0 Å². The van der Waals surface area contributed by atoms with E-state index >= 15 is 0 Å². The van der Waals surface area contributed by atoms with Crippen molar-refractivity contribution in [3.63, 3.8) is 0 Å². The Morgan fingerprint density at radius 1 is 1.12 bits per heavy atom. The zero-order valence-electron chi connectivity index (χ0n) is 13.5. The summed E-state index contributed by atoms with van der Waals surface area (Å²) in [7, 11) is 0. The maximum Gasteiger partial charge on any atom is 0.242 e. The van der Waals surface area contributed by atoms with Gasteiger partial charge in [0.2, 0.25) is 5.91 Å². The van der Waals surface area contributed by atoms with Crippen LogP contribution in [0, 0.1) is 6.92 Å². The molecule has 0 N–H and O–H groups in total. The molecule has 3 nitrogen and oxygen atoms in total. The molecule has 0 bridgehead atoms. The first-order chi connectivity index (χ1) is 11.6. The molecule has 2 aromatic carbocycles. The molecule has 0 heterocycles. The summed E-state index contributed by atoms with van der Waals surface area (Å²) in [6.45, 7) is 2.33. The number of hydrogen-bond acceptors (Lipinski definition) is 2. The normalized spacial score (nSPS) is 13.2. The van der Waals surface area contributed by atoms with Gasteiger partial charge >= 0.3 is 0 Å². The van der Waals surface area contributed by atoms with Crippen LogP contribution in [-0.2, 0) is 16.0 Å². The highest BCUT2D eigenvalue weighted by molar-refractivity contribution is 6.29. The summed E-state index contributed by atoms with van der Waals surface area (Å²) in [5.41, 5.74) is 4.77. The molecule has 0 spiro atoms. The summed E-state index contributed by atoms with van der Waals surface area (Å²) in [6.07, 6.45) is 2.05. The molecule has 2 aromatic rings. The molecule has 0 aromatic heterocycles. The fourth-order valence-electron chi connectivity index (χ4n) is 2.92. The van der Waals surface area contributed by atoms with Gasteiger partial charge in [-0.1, -0.05) is 42.0 Å². The number of amides is 1. The number of ketones is 1. The predicted octanol–water partition coefficient (Wildman–Crippen LogP) is 3.78. The lowest BCUT2D eigenvalue weighted by molar-refractivity contribution is -0.116. The average molecular weight is 340 g/mol. The summed E-state index contributed by atoms with van der Waals surface area (Å²) >= 11 is 5.80. The lowest BCUT2D eigenvalue weighted by atomic mass is 9.90. The van der Waals surface area contributed by atoms with Crippen molar-refractivity contribution < 1.29 is 9.59 Å². The quantitative estimate of drug-likeness (QED) is 0.795. The standard InChI is InChI=1S/C20H18ClNO2/c1-14-6-8-17(9-7-14)22(20(24)12-21)13-16-11-18(23)10-15-4-2-3-5-19(15)16/h2-9,11H,10,12-13H2,1H3. The molecule has 24 heavy (non-hydrogen) atoms. The summed E-state index contributed by atoms with van der Waals surface area (Å²) in [5, 5.41) is 0. The molecule has 0 saturated heterocycles. The number of benzene rings is 2.